The van der Waals surface area contributed by atoms with Gasteiger partial charge in [0.15, 0.2) is 0 Å². The number of allylic oxidation sites excluding steroid dienone is 1. The highest BCUT2D eigenvalue weighted by Crippen LogP contribution is 2.26. The number of thioether (sulfide) groups is 1. The molecule has 0 radical (unpaired) electrons. The van der Waals surface area contributed by atoms with E-state index < -0.39 is 0 Å². The molecular formula is C8H11NS. The van der Waals surface area contributed by atoms with Crippen LogP contribution in [0, 0.1) is 17.2 Å². The third kappa shape index (κ3) is 1.78. The molecule has 0 aromatic heterocycles. The molecule has 1 heterocycles. The second kappa shape index (κ2) is 3.68. The number of rotatable bonds is 1. The van der Waals surface area contributed by atoms with Crippen molar-refractivity contribution in [1.82, 2.24) is 0 Å². The summed E-state index contributed by atoms with van der Waals surface area (Å²) in [6, 6.07) is 2.13. The lowest BCUT2D eigenvalue weighted by Gasteiger charge is -2.19. The molecular weight excluding hydrogens is 142 g/mol. The summed E-state index contributed by atoms with van der Waals surface area (Å²) in [5, 5.41) is 8.53. The van der Waals surface area contributed by atoms with Crippen molar-refractivity contribution in [2.45, 2.75) is 12.8 Å². The average Bonchev–Trinajstić information content (AvgIpc) is 2.05. The molecule has 0 saturated carbocycles. The smallest absolute Gasteiger partial charge is 0.0943 e. The summed E-state index contributed by atoms with van der Waals surface area (Å²) < 4.78 is 0. The zero-order valence-corrected chi connectivity index (χ0v) is 6.78. The first-order chi connectivity index (χ1) is 4.84. The van der Waals surface area contributed by atoms with Gasteiger partial charge in [-0.1, -0.05) is 6.58 Å². The van der Waals surface area contributed by atoms with E-state index in [2.05, 4.69) is 12.6 Å². The minimum absolute atomic E-state index is 0.492. The molecule has 0 amide bonds. The molecule has 0 spiro atoms. The quantitative estimate of drug-likeness (QED) is 0.539. The van der Waals surface area contributed by atoms with Crippen LogP contribution in [0.4, 0.5) is 0 Å². The van der Waals surface area contributed by atoms with Crippen molar-refractivity contribution in [2.24, 2.45) is 5.92 Å². The number of nitrogens with zero attached hydrogens (tertiary/aromatic N) is 1. The Kier molecular flexibility index (Phi) is 2.82. The van der Waals surface area contributed by atoms with Crippen molar-refractivity contribution >= 4 is 11.8 Å². The predicted octanol–water partition coefficient (Wildman–Crippen LogP) is 2.21. The SMILES string of the molecule is C=C(C#N)C1CCSCC1. The van der Waals surface area contributed by atoms with Crippen molar-refractivity contribution in [1.29, 1.82) is 5.26 Å². The second-order valence-electron chi connectivity index (χ2n) is 2.52. The van der Waals surface area contributed by atoms with E-state index in [1.807, 2.05) is 11.8 Å². The normalized spacial score (nSPS) is 19.9. The maximum atomic E-state index is 8.53. The fraction of sp³-hybridized carbons (Fsp3) is 0.625. The molecule has 2 heteroatoms. The van der Waals surface area contributed by atoms with E-state index in [1.165, 1.54) is 11.5 Å². The lowest BCUT2D eigenvalue weighted by Crippen LogP contribution is -2.10. The van der Waals surface area contributed by atoms with Gasteiger partial charge in [-0.2, -0.15) is 17.0 Å². The van der Waals surface area contributed by atoms with E-state index in [0.717, 1.165) is 18.4 Å². The number of hydrogen-bond acceptors (Lipinski definition) is 2. The van der Waals surface area contributed by atoms with Crippen molar-refractivity contribution in [3.8, 4) is 6.07 Å². The first kappa shape index (κ1) is 7.68. The van der Waals surface area contributed by atoms with E-state index in [9.17, 15) is 0 Å². The first-order valence-electron chi connectivity index (χ1n) is 3.51. The third-order valence-corrected chi connectivity index (χ3v) is 2.91. The van der Waals surface area contributed by atoms with Gasteiger partial charge in [0.1, 0.15) is 0 Å². The summed E-state index contributed by atoms with van der Waals surface area (Å²) in [7, 11) is 0. The van der Waals surface area contributed by atoms with Gasteiger partial charge in [-0.05, 0) is 30.3 Å². The monoisotopic (exact) mass is 153 g/mol. The molecule has 0 N–H and O–H groups in total. The molecule has 1 nitrogen and oxygen atoms in total. The highest BCUT2D eigenvalue weighted by molar-refractivity contribution is 7.99. The van der Waals surface area contributed by atoms with E-state index >= 15 is 0 Å². The van der Waals surface area contributed by atoms with E-state index in [0.29, 0.717) is 5.92 Å². The van der Waals surface area contributed by atoms with Crippen LogP contribution in [-0.2, 0) is 0 Å². The summed E-state index contributed by atoms with van der Waals surface area (Å²) in [5.74, 6) is 2.89. The summed E-state index contributed by atoms with van der Waals surface area (Å²) in [4.78, 5) is 0. The van der Waals surface area contributed by atoms with E-state index in [1.54, 1.807) is 0 Å². The third-order valence-electron chi connectivity index (χ3n) is 1.86. The summed E-state index contributed by atoms with van der Waals surface area (Å²) in [5.41, 5.74) is 0.778. The van der Waals surface area contributed by atoms with Crippen molar-refractivity contribution in [2.75, 3.05) is 11.5 Å². The summed E-state index contributed by atoms with van der Waals surface area (Å²) in [6.07, 6.45) is 2.30. The van der Waals surface area contributed by atoms with Gasteiger partial charge in [0.25, 0.3) is 0 Å². The van der Waals surface area contributed by atoms with Crippen LogP contribution in [0.1, 0.15) is 12.8 Å². The Morgan fingerprint density at radius 1 is 1.50 bits per heavy atom. The topological polar surface area (TPSA) is 23.8 Å². The van der Waals surface area contributed by atoms with Gasteiger partial charge in [-0.3, -0.25) is 0 Å². The minimum Gasteiger partial charge on any atom is -0.193 e. The molecule has 1 rings (SSSR count). The molecule has 0 aromatic carbocycles. The maximum absolute atomic E-state index is 8.53. The van der Waals surface area contributed by atoms with Gasteiger partial charge < -0.3 is 0 Å². The lowest BCUT2D eigenvalue weighted by molar-refractivity contribution is 0.583. The first-order valence-corrected chi connectivity index (χ1v) is 4.66. The molecule has 1 saturated heterocycles. The Hall–Kier alpha value is -0.420. The van der Waals surface area contributed by atoms with Crippen LogP contribution >= 0.6 is 11.8 Å². The molecule has 0 aromatic rings. The number of hydrogen-bond donors (Lipinski definition) is 0. The van der Waals surface area contributed by atoms with Crippen molar-refractivity contribution < 1.29 is 0 Å². The van der Waals surface area contributed by atoms with Gasteiger partial charge in [-0.15, -0.1) is 0 Å². The highest BCUT2D eigenvalue weighted by atomic mass is 32.2. The largest absolute Gasteiger partial charge is 0.193 e. The molecule has 54 valence electrons. The van der Waals surface area contributed by atoms with Crippen LogP contribution in [0.15, 0.2) is 12.2 Å². The predicted molar refractivity (Wildman–Crippen MR) is 44.8 cm³/mol. The molecule has 1 aliphatic heterocycles. The summed E-state index contributed by atoms with van der Waals surface area (Å²) in [6.45, 7) is 3.73. The van der Waals surface area contributed by atoms with E-state index in [-0.39, 0.29) is 0 Å². The Bertz CT molecular complexity index is 163. The fourth-order valence-electron chi connectivity index (χ4n) is 1.14. The van der Waals surface area contributed by atoms with Gasteiger partial charge in [0, 0.05) is 5.57 Å². The molecule has 0 unspecified atom stereocenters. The molecule has 0 aliphatic carbocycles. The standard InChI is InChI=1S/C8H11NS/c1-7(6-9)8-2-4-10-5-3-8/h8H,1-5H2. The van der Waals surface area contributed by atoms with Crippen molar-refractivity contribution in [3.63, 3.8) is 0 Å². The van der Waals surface area contributed by atoms with E-state index in [4.69, 9.17) is 5.26 Å². The zero-order valence-electron chi connectivity index (χ0n) is 5.97. The minimum atomic E-state index is 0.492. The molecule has 1 fully saturated rings. The number of nitriles is 1. The Labute approximate surface area is 66.1 Å². The van der Waals surface area contributed by atoms with Crippen LogP contribution < -0.4 is 0 Å². The van der Waals surface area contributed by atoms with Gasteiger partial charge in [-0.25, -0.2) is 0 Å². The molecule has 0 bridgehead atoms. The van der Waals surface area contributed by atoms with Crippen LogP contribution in [0.3, 0.4) is 0 Å². The van der Waals surface area contributed by atoms with Gasteiger partial charge in [0.05, 0.1) is 6.07 Å². The van der Waals surface area contributed by atoms with Crippen LogP contribution in [0.5, 0.6) is 0 Å². The fourth-order valence-corrected chi connectivity index (χ4v) is 2.24. The van der Waals surface area contributed by atoms with Gasteiger partial charge >= 0.3 is 0 Å². The Balaban J connectivity index is 2.40. The maximum Gasteiger partial charge on any atom is 0.0943 e. The summed E-state index contributed by atoms with van der Waals surface area (Å²) >= 11 is 1.98. The zero-order chi connectivity index (χ0) is 7.40. The average molecular weight is 153 g/mol. The van der Waals surface area contributed by atoms with Crippen LogP contribution in [-0.4, -0.2) is 11.5 Å². The molecule has 1 aliphatic rings. The van der Waals surface area contributed by atoms with Crippen LogP contribution in [0.25, 0.3) is 0 Å². The van der Waals surface area contributed by atoms with Gasteiger partial charge in [0.2, 0.25) is 0 Å². The Morgan fingerprint density at radius 3 is 2.60 bits per heavy atom. The highest BCUT2D eigenvalue weighted by Gasteiger charge is 2.15. The second-order valence-corrected chi connectivity index (χ2v) is 3.75. The van der Waals surface area contributed by atoms with Crippen molar-refractivity contribution in [3.05, 3.63) is 12.2 Å². The lowest BCUT2D eigenvalue weighted by atomic mass is 9.96. The Morgan fingerprint density at radius 2 is 2.10 bits per heavy atom. The molecule has 0 atom stereocenters. The van der Waals surface area contributed by atoms with Crippen LogP contribution in [0.2, 0.25) is 0 Å². The molecule has 10 heavy (non-hydrogen) atoms.